The van der Waals surface area contributed by atoms with Gasteiger partial charge in [-0.15, -0.1) is 0 Å². The van der Waals surface area contributed by atoms with Gasteiger partial charge in [0.25, 0.3) is 0 Å². The van der Waals surface area contributed by atoms with Crippen LogP contribution in [0.2, 0.25) is 0 Å². The number of amides is 2. The van der Waals surface area contributed by atoms with Crippen molar-refractivity contribution in [3.05, 3.63) is 31.7 Å². The molecule has 0 aromatic carbocycles. The van der Waals surface area contributed by atoms with Gasteiger partial charge in [0.05, 0.1) is 12.2 Å². The second-order valence-corrected chi connectivity index (χ2v) is 16.0. The van der Waals surface area contributed by atoms with E-state index in [4.69, 9.17) is 0 Å². The summed E-state index contributed by atoms with van der Waals surface area (Å²) in [5.41, 5.74) is -0.459. The number of rotatable bonds is 15. The van der Waals surface area contributed by atoms with Gasteiger partial charge in [0.1, 0.15) is 11.7 Å². The first-order valence-corrected chi connectivity index (χ1v) is 18.4. The molecule has 3 saturated carbocycles. The molecule has 1 unspecified atom stereocenters. The van der Waals surface area contributed by atoms with Crippen molar-refractivity contribution in [1.29, 1.82) is 0 Å². The Balaban J connectivity index is 0.00000338. The third-order valence-corrected chi connectivity index (χ3v) is 11.5. The molecule has 4 fully saturated rings. The number of hydrogen-bond acceptors (Lipinski definition) is 8. The van der Waals surface area contributed by atoms with Crippen LogP contribution in [0.15, 0.2) is 18.6 Å². The Bertz CT molecular complexity index is 1370. The number of nitrogens with one attached hydrogen (secondary N) is 1. The van der Waals surface area contributed by atoms with Gasteiger partial charge < -0.3 is 17.6 Å². The van der Waals surface area contributed by atoms with Crippen molar-refractivity contribution in [1.82, 2.24) is 20.2 Å². The number of fused-ring (bicyclic) bond motifs is 1. The van der Waals surface area contributed by atoms with Gasteiger partial charge in [-0.3, -0.25) is 33.8 Å². The molecule has 1 aromatic heterocycles. The minimum absolute atomic E-state index is 0. The normalized spacial score (nSPS) is 23.8. The zero-order chi connectivity index (χ0) is 34.6. The van der Waals surface area contributed by atoms with E-state index >= 15 is 0 Å². The zero-order valence-electron chi connectivity index (χ0n) is 30.7. The minimum Gasteiger partial charge on any atom is -0.358 e. The molecule has 10 nitrogen and oxygen atoms in total. The summed E-state index contributed by atoms with van der Waals surface area (Å²) in [6, 6.07) is -1.60. The maximum Gasteiger partial charge on any atom is 0.246 e. The molecule has 0 bridgehead atoms. The predicted molar refractivity (Wildman–Crippen MR) is 186 cm³/mol. The summed E-state index contributed by atoms with van der Waals surface area (Å²) in [6.07, 6.45) is 14.4. The van der Waals surface area contributed by atoms with Gasteiger partial charge in [-0.1, -0.05) is 53.4 Å². The van der Waals surface area contributed by atoms with Gasteiger partial charge in [0.2, 0.25) is 17.6 Å². The van der Waals surface area contributed by atoms with Crippen LogP contribution in [0.5, 0.6) is 0 Å². The number of nitrogens with zero attached hydrogens (tertiary/aromatic N) is 3. The summed E-state index contributed by atoms with van der Waals surface area (Å²) >= 11 is 0. The van der Waals surface area contributed by atoms with E-state index in [0.29, 0.717) is 18.9 Å². The Kier molecular flexibility index (Phi) is 15.2. The SMILES string of the molecule is CC[C@H](CC(=O)[C@@H]1[C@H]2CCC[C@H]2CN1C(=O)[C@@H](NC(=O)C(CC(=O)c1cnccn1)C1CCCCC1)C(C)(C)C)C(=O)C(=O)CC1CC1.[CH3-].[V]. The fraction of sp³-hybridized carbons (Fsp3) is 0.718. The van der Waals surface area contributed by atoms with E-state index in [1.807, 2.05) is 27.7 Å². The van der Waals surface area contributed by atoms with Crippen LogP contribution >= 0.6 is 0 Å². The van der Waals surface area contributed by atoms with Crippen molar-refractivity contribution in [2.45, 2.75) is 130 Å². The van der Waals surface area contributed by atoms with Gasteiger partial charge >= 0.3 is 0 Å². The third kappa shape index (κ3) is 9.99. The summed E-state index contributed by atoms with van der Waals surface area (Å²) in [5.74, 6) is -2.65. The number of Topliss-reactive ketones (excluding diaryl/α,β-unsaturated/α-hetero) is 4. The van der Waals surface area contributed by atoms with E-state index < -0.39 is 35.1 Å². The smallest absolute Gasteiger partial charge is 0.246 e. The maximum atomic E-state index is 14.6. The van der Waals surface area contributed by atoms with Crippen molar-refractivity contribution >= 4 is 34.9 Å². The summed E-state index contributed by atoms with van der Waals surface area (Å²) in [6.45, 7) is 7.98. The van der Waals surface area contributed by atoms with E-state index in [1.165, 1.54) is 18.6 Å². The van der Waals surface area contributed by atoms with Gasteiger partial charge in [-0.05, 0) is 74.0 Å². The van der Waals surface area contributed by atoms with Crippen molar-refractivity contribution in [2.75, 3.05) is 6.54 Å². The van der Waals surface area contributed by atoms with Crippen LogP contribution < -0.4 is 5.32 Å². The molecule has 50 heavy (non-hydrogen) atoms. The molecule has 1 radical (unpaired) electrons. The molecule has 2 amide bonds. The van der Waals surface area contributed by atoms with E-state index in [0.717, 1.165) is 64.2 Å². The molecule has 1 saturated heterocycles. The molecule has 1 aliphatic heterocycles. The van der Waals surface area contributed by atoms with Gasteiger partial charge in [0.15, 0.2) is 17.3 Å². The molecule has 2 heterocycles. The maximum absolute atomic E-state index is 14.6. The zero-order valence-corrected chi connectivity index (χ0v) is 32.1. The topological polar surface area (TPSA) is 143 Å². The summed E-state index contributed by atoms with van der Waals surface area (Å²) < 4.78 is 0. The van der Waals surface area contributed by atoms with Crippen LogP contribution in [0, 0.1) is 48.3 Å². The Labute approximate surface area is 310 Å². The van der Waals surface area contributed by atoms with E-state index in [-0.39, 0.29) is 97.9 Å². The Hall–Kier alpha value is -2.72. The Morgan fingerprint density at radius 3 is 2.22 bits per heavy atom. The fourth-order valence-electron chi connectivity index (χ4n) is 8.46. The number of aromatic nitrogens is 2. The number of carbonyl (C=O) groups is 6. The molecule has 275 valence electrons. The number of ketones is 4. The summed E-state index contributed by atoms with van der Waals surface area (Å²) in [4.78, 5) is 91.8. The Morgan fingerprint density at radius 1 is 0.920 bits per heavy atom. The van der Waals surface area contributed by atoms with Crippen molar-refractivity contribution in [3.8, 4) is 0 Å². The summed E-state index contributed by atoms with van der Waals surface area (Å²) in [5, 5.41) is 3.09. The van der Waals surface area contributed by atoms with Crippen LogP contribution in [0.3, 0.4) is 0 Å². The largest absolute Gasteiger partial charge is 0.358 e. The van der Waals surface area contributed by atoms with Gasteiger partial charge in [-0.25, -0.2) is 4.98 Å². The first kappa shape index (κ1) is 41.7. The van der Waals surface area contributed by atoms with Crippen LogP contribution in [0.25, 0.3) is 0 Å². The second-order valence-electron chi connectivity index (χ2n) is 16.0. The van der Waals surface area contributed by atoms with Gasteiger partial charge in [0, 0.05) is 68.6 Å². The fourth-order valence-corrected chi connectivity index (χ4v) is 8.46. The van der Waals surface area contributed by atoms with Crippen LogP contribution in [-0.4, -0.2) is 68.4 Å². The molecule has 0 spiro atoms. The van der Waals surface area contributed by atoms with E-state index in [9.17, 15) is 28.8 Å². The predicted octanol–water partition coefficient (Wildman–Crippen LogP) is 5.78. The van der Waals surface area contributed by atoms with E-state index in [2.05, 4.69) is 15.3 Å². The van der Waals surface area contributed by atoms with Crippen LogP contribution in [-0.2, 0) is 42.5 Å². The summed E-state index contributed by atoms with van der Waals surface area (Å²) in [7, 11) is 0. The van der Waals surface area contributed by atoms with Crippen molar-refractivity contribution in [3.63, 3.8) is 0 Å². The Morgan fingerprint density at radius 2 is 1.62 bits per heavy atom. The number of carbonyl (C=O) groups excluding carboxylic acids is 6. The second kappa shape index (κ2) is 18.2. The average molecular weight is 729 g/mol. The number of hydrogen-bond donors (Lipinski definition) is 1. The average Bonchev–Trinajstić information content (AvgIpc) is 3.64. The van der Waals surface area contributed by atoms with Crippen LogP contribution in [0.1, 0.15) is 128 Å². The van der Waals surface area contributed by atoms with Crippen LogP contribution in [0.4, 0.5) is 0 Å². The first-order valence-electron chi connectivity index (χ1n) is 18.4. The standard InChI is InChI=1S/C38H54N4O6.CH3.V/c1-5-24(34(46)32(45)18-23-14-15-23)19-31(44)33-27-13-9-12-26(27)22-42(33)37(48)35(38(2,3)4)41-36(47)28(25-10-7-6-8-11-25)20-30(43)29-21-39-16-17-40-29;;/h16-17,21,23-28,33,35H,5-15,18-20,22H2,1-4H3,(H,41,47);1H3;/q;-1;/t24-,26+,27+,28?,33+,35-;;/m1../s1. The molecule has 1 N–H and O–H groups in total. The monoisotopic (exact) mass is 728 g/mol. The molecule has 4 aliphatic rings. The van der Waals surface area contributed by atoms with E-state index in [1.54, 1.807) is 4.90 Å². The molecular weight excluding hydrogens is 671 g/mol. The van der Waals surface area contributed by atoms with Crippen molar-refractivity contribution in [2.24, 2.45) is 40.9 Å². The van der Waals surface area contributed by atoms with Crippen molar-refractivity contribution < 1.29 is 47.3 Å². The molecular formula is C39H57N4O6V-. The third-order valence-electron chi connectivity index (χ3n) is 11.5. The molecule has 3 aliphatic carbocycles. The molecule has 5 rings (SSSR count). The molecule has 6 atom stereocenters. The first-order chi connectivity index (χ1) is 22.9. The minimum atomic E-state index is -0.916. The molecule has 11 heteroatoms. The number of likely N-dealkylation sites (tertiary alicyclic amines) is 1. The molecule has 1 aromatic rings. The quantitative estimate of drug-likeness (QED) is 0.136. The van der Waals surface area contributed by atoms with Gasteiger partial charge in [-0.2, -0.15) is 0 Å².